The highest BCUT2D eigenvalue weighted by Gasteiger charge is 2.05. The minimum atomic E-state index is -0.466. The second-order valence-corrected chi connectivity index (χ2v) is 3.25. The molecule has 0 bridgehead atoms. The van der Waals surface area contributed by atoms with Gasteiger partial charge in [0.25, 0.3) is 0 Å². The Hall–Kier alpha value is -2.08. The van der Waals surface area contributed by atoms with Crippen LogP contribution in [0.1, 0.15) is 0 Å². The van der Waals surface area contributed by atoms with Crippen molar-refractivity contribution in [2.75, 3.05) is 10.6 Å². The van der Waals surface area contributed by atoms with Crippen LogP contribution in [-0.4, -0.2) is 16.2 Å². The Balaban J connectivity index is 1.95. The summed E-state index contributed by atoms with van der Waals surface area (Å²) < 4.78 is 4.70. The number of nitrogens with zero attached hydrogens (tertiary/aromatic N) is 2. The van der Waals surface area contributed by atoms with Gasteiger partial charge in [-0.25, -0.2) is 9.78 Å². The predicted molar refractivity (Wildman–Crippen MR) is 58.4 cm³/mol. The van der Waals surface area contributed by atoms with E-state index in [1.165, 1.54) is 18.5 Å². The molecule has 0 fully saturated rings. The van der Waals surface area contributed by atoms with E-state index >= 15 is 0 Å². The van der Waals surface area contributed by atoms with Crippen molar-refractivity contribution in [3.8, 4) is 0 Å². The average molecular weight is 239 g/mol. The number of hydrogen-bond acceptors (Lipinski definition) is 4. The molecule has 2 N–H and O–H groups in total. The molecule has 0 saturated carbocycles. The summed E-state index contributed by atoms with van der Waals surface area (Å²) in [6.45, 7) is 0. The molecule has 6 nitrogen and oxygen atoms in total. The molecule has 0 aliphatic carbocycles. The number of amides is 2. The monoisotopic (exact) mass is 238 g/mol. The number of pyridine rings is 1. The first-order valence-electron chi connectivity index (χ1n) is 4.34. The van der Waals surface area contributed by atoms with Gasteiger partial charge in [0.15, 0.2) is 0 Å². The van der Waals surface area contributed by atoms with Crippen LogP contribution in [0.2, 0.25) is 5.02 Å². The van der Waals surface area contributed by atoms with Crippen molar-refractivity contribution in [1.82, 2.24) is 10.1 Å². The van der Waals surface area contributed by atoms with E-state index in [1.807, 2.05) is 0 Å². The Morgan fingerprint density at radius 1 is 1.31 bits per heavy atom. The fourth-order valence-corrected chi connectivity index (χ4v) is 1.10. The summed E-state index contributed by atoms with van der Waals surface area (Å²) in [6, 6.07) is 4.27. The van der Waals surface area contributed by atoms with Gasteiger partial charge in [-0.2, -0.15) is 0 Å². The first kappa shape index (κ1) is 10.4. The molecule has 0 aromatic carbocycles. The third-order valence-corrected chi connectivity index (χ3v) is 1.87. The molecule has 0 saturated heterocycles. The molecule has 2 amide bonds. The first-order valence-corrected chi connectivity index (χ1v) is 4.72. The molecule has 0 atom stereocenters. The molecule has 2 heterocycles. The number of carbonyl (C=O) groups is 1. The van der Waals surface area contributed by atoms with Crippen molar-refractivity contribution < 1.29 is 9.32 Å². The van der Waals surface area contributed by atoms with Gasteiger partial charge >= 0.3 is 6.03 Å². The molecule has 0 spiro atoms. The Morgan fingerprint density at radius 2 is 2.19 bits per heavy atom. The molecule has 2 aromatic rings. The number of urea groups is 1. The van der Waals surface area contributed by atoms with E-state index in [-0.39, 0.29) is 5.88 Å². The largest absolute Gasteiger partial charge is 0.338 e. The van der Waals surface area contributed by atoms with Crippen LogP contribution in [0.5, 0.6) is 0 Å². The maximum atomic E-state index is 11.4. The van der Waals surface area contributed by atoms with Gasteiger partial charge in [0.05, 0.1) is 11.2 Å². The van der Waals surface area contributed by atoms with Crippen molar-refractivity contribution in [3.63, 3.8) is 0 Å². The van der Waals surface area contributed by atoms with Crippen LogP contribution in [0.15, 0.2) is 35.1 Å². The molecule has 7 heteroatoms. The van der Waals surface area contributed by atoms with Crippen molar-refractivity contribution in [2.45, 2.75) is 0 Å². The van der Waals surface area contributed by atoms with Gasteiger partial charge in [0.2, 0.25) is 5.88 Å². The standard InChI is InChI=1S/C9H7ClN4O2/c10-6-1-2-7(11-5-6)13-9(15)14-8-3-4-12-16-8/h1-5H,(H2,11,13,14,15). The Labute approximate surface area is 95.6 Å². The average Bonchev–Trinajstić information content (AvgIpc) is 2.74. The number of halogens is 1. The van der Waals surface area contributed by atoms with Crippen LogP contribution in [0, 0.1) is 0 Å². The van der Waals surface area contributed by atoms with E-state index in [2.05, 4.69) is 20.8 Å². The van der Waals surface area contributed by atoms with Crippen LogP contribution in [0.4, 0.5) is 16.5 Å². The topological polar surface area (TPSA) is 80.0 Å². The van der Waals surface area contributed by atoms with Crippen molar-refractivity contribution >= 4 is 29.3 Å². The number of hydrogen-bond donors (Lipinski definition) is 2. The van der Waals surface area contributed by atoms with Crippen LogP contribution in [-0.2, 0) is 0 Å². The van der Waals surface area contributed by atoms with E-state index in [1.54, 1.807) is 12.1 Å². The van der Waals surface area contributed by atoms with Gasteiger partial charge in [-0.3, -0.25) is 10.6 Å². The Morgan fingerprint density at radius 3 is 2.81 bits per heavy atom. The summed E-state index contributed by atoms with van der Waals surface area (Å²) in [7, 11) is 0. The van der Waals surface area contributed by atoms with Gasteiger partial charge in [-0.05, 0) is 12.1 Å². The zero-order chi connectivity index (χ0) is 11.4. The molecule has 0 aliphatic rings. The first-order chi connectivity index (χ1) is 7.74. The molecule has 82 valence electrons. The quantitative estimate of drug-likeness (QED) is 0.842. The molecule has 2 rings (SSSR count). The van der Waals surface area contributed by atoms with Crippen LogP contribution >= 0.6 is 11.6 Å². The predicted octanol–water partition coefficient (Wildman–Crippen LogP) is 2.37. The fourth-order valence-electron chi connectivity index (χ4n) is 0.989. The molecule has 2 aromatic heterocycles. The highest BCUT2D eigenvalue weighted by atomic mass is 35.5. The molecule has 16 heavy (non-hydrogen) atoms. The Kier molecular flexibility index (Phi) is 3.02. The molecular weight excluding hydrogens is 232 g/mol. The summed E-state index contributed by atoms with van der Waals surface area (Å²) in [6.07, 6.45) is 2.86. The Bertz CT molecular complexity index is 469. The number of rotatable bonds is 2. The zero-order valence-corrected chi connectivity index (χ0v) is 8.73. The lowest BCUT2D eigenvalue weighted by atomic mass is 10.4. The number of aromatic nitrogens is 2. The van der Waals surface area contributed by atoms with Crippen molar-refractivity contribution in [1.29, 1.82) is 0 Å². The highest BCUT2D eigenvalue weighted by molar-refractivity contribution is 6.30. The van der Waals surface area contributed by atoms with Crippen molar-refractivity contribution in [2.24, 2.45) is 0 Å². The lowest BCUT2D eigenvalue weighted by molar-refractivity contribution is 0.261. The third kappa shape index (κ3) is 2.71. The second-order valence-electron chi connectivity index (χ2n) is 2.82. The second kappa shape index (κ2) is 4.63. The van der Waals surface area contributed by atoms with E-state index in [4.69, 9.17) is 16.1 Å². The lowest BCUT2D eigenvalue weighted by Gasteiger charge is -2.03. The smallest absolute Gasteiger partial charge is 0.327 e. The van der Waals surface area contributed by atoms with E-state index in [0.29, 0.717) is 10.8 Å². The minimum Gasteiger partial charge on any atom is -0.338 e. The normalized spacial score (nSPS) is 9.81. The van der Waals surface area contributed by atoms with Crippen LogP contribution in [0.3, 0.4) is 0 Å². The number of carbonyl (C=O) groups excluding carboxylic acids is 1. The summed E-state index contributed by atoms with van der Waals surface area (Å²) >= 11 is 5.65. The molecular formula is C9H7ClN4O2. The maximum absolute atomic E-state index is 11.4. The van der Waals surface area contributed by atoms with Crippen LogP contribution in [0.25, 0.3) is 0 Å². The van der Waals surface area contributed by atoms with Crippen molar-refractivity contribution in [3.05, 3.63) is 35.6 Å². The van der Waals surface area contributed by atoms with Gasteiger partial charge in [-0.15, -0.1) is 0 Å². The number of nitrogens with one attached hydrogen (secondary N) is 2. The maximum Gasteiger partial charge on any atom is 0.327 e. The summed E-state index contributed by atoms with van der Waals surface area (Å²) in [5, 5.41) is 8.88. The molecule has 0 radical (unpaired) electrons. The van der Waals surface area contributed by atoms with E-state index in [0.717, 1.165) is 0 Å². The summed E-state index contributed by atoms with van der Waals surface area (Å²) in [4.78, 5) is 15.3. The third-order valence-electron chi connectivity index (χ3n) is 1.64. The fraction of sp³-hybridized carbons (Fsp3) is 0. The van der Waals surface area contributed by atoms with Crippen LogP contribution < -0.4 is 10.6 Å². The van der Waals surface area contributed by atoms with E-state index < -0.39 is 6.03 Å². The minimum absolute atomic E-state index is 0.256. The van der Waals surface area contributed by atoms with Gasteiger partial charge in [-0.1, -0.05) is 16.8 Å². The van der Waals surface area contributed by atoms with Gasteiger partial charge in [0, 0.05) is 12.3 Å². The van der Waals surface area contributed by atoms with Gasteiger partial charge < -0.3 is 4.52 Å². The SMILES string of the molecule is O=C(Nc1ccc(Cl)cn1)Nc1ccno1. The molecule has 0 unspecified atom stereocenters. The summed E-state index contributed by atoms with van der Waals surface area (Å²) in [5.41, 5.74) is 0. The summed E-state index contributed by atoms with van der Waals surface area (Å²) in [5.74, 6) is 0.646. The number of anilines is 2. The highest BCUT2D eigenvalue weighted by Crippen LogP contribution is 2.10. The van der Waals surface area contributed by atoms with Gasteiger partial charge in [0.1, 0.15) is 5.82 Å². The molecule has 0 aliphatic heterocycles. The van der Waals surface area contributed by atoms with E-state index in [9.17, 15) is 4.79 Å². The lowest BCUT2D eigenvalue weighted by Crippen LogP contribution is -2.19. The zero-order valence-electron chi connectivity index (χ0n) is 7.98.